The summed E-state index contributed by atoms with van der Waals surface area (Å²) in [5.74, 6) is -0.343. The Hall–Kier alpha value is -1.88. The molecule has 3 rings (SSSR count). The van der Waals surface area contributed by atoms with Gasteiger partial charge in [-0.3, -0.25) is 0 Å². The maximum absolute atomic E-state index is 12.8. The van der Waals surface area contributed by atoms with Crippen LogP contribution in [0.25, 0.3) is 0 Å². The van der Waals surface area contributed by atoms with E-state index in [1.54, 1.807) is 27.8 Å². The summed E-state index contributed by atoms with van der Waals surface area (Å²) in [4.78, 5) is 13.4. The number of rotatable bonds is 5. The second-order valence-corrected chi connectivity index (χ2v) is 11.0. The number of hydrogen-bond donors (Lipinski definition) is 0. The molecule has 1 aromatic heterocycles. The summed E-state index contributed by atoms with van der Waals surface area (Å²) in [6.07, 6.45) is 0.666. The fourth-order valence-electron chi connectivity index (χ4n) is 2.97. The summed E-state index contributed by atoms with van der Waals surface area (Å²) in [6, 6.07) is 2.63. The molecule has 2 aromatic rings. The van der Waals surface area contributed by atoms with Crippen LogP contribution in [0.3, 0.4) is 0 Å². The first-order valence-electron chi connectivity index (χ1n) is 9.48. The monoisotopic (exact) mass is 525 g/mol. The van der Waals surface area contributed by atoms with Crippen molar-refractivity contribution in [2.24, 2.45) is 5.92 Å². The maximum Gasteiger partial charge on any atom is 0.410 e. The van der Waals surface area contributed by atoms with Crippen LogP contribution < -0.4 is 8.92 Å². The van der Waals surface area contributed by atoms with Crippen molar-refractivity contribution in [1.82, 2.24) is 14.7 Å². The van der Waals surface area contributed by atoms with Crippen LogP contribution in [0.4, 0.5) is 4.79 Å². The van der Waals surface area contributed by atoms with E-state index in [1.807, 2.05) is 0 Å². The van der Waals surface area contributed by atoms with Gasteiger partial charge in [-0.2, -0.15) is 13.5 Å². The zero-order valence-corrected chi connectivity index (χ0v) is 20.8. The highest BCUT2D eigenvalue weighted by atomic mass is 35.5. The number of aromatic nitrogens is 2. The minimum absolute atomic E-state index is 0.0300. The van der Waals surface area contributed by atoms with Crippen molar-refractivity contribution in [1.29, 1.82) is 0 Å². The van der Waals surface area contributed by atoms with Crippen LogP contribution in [0.5, 0.6) is 11.6 Å². The molecular weight excluding hydrogens is 505 g/mol. The topological polar surface area (TPSA) is 100.0 Å². The number of amides is 1. The summed E-state index contributed by atoms with van der Waals surface area (Å²) in [6.45, 7) is 6.19. The molecule has 0 spiro atoms. The third-order valence-corrected chi connectivity index (χ3v) is 6.29. The fraction of sp³-hybridized carbons (Fsp3) is 0.474. The molecule has 1 atom stereocenters. The highest BCUT2D eigenvalue weighted by molar-refractivity contribution is 7.87. The van der Waals surface area contributed by atoms with Gasteiger partial charge in [-0.25, -0.2) is 9.48 Å². The summed E-state index contributed by atoms with van der Waals surface area (Å²) >= 11 is 17.9. The van der Waals surface area contributed by atoms with Gasteiger partial charge in [-0.1, -0.05) is 34.8 Å². The molecule has 0 aliphatic carbocycles. The van der Waals surface area contributed by atoms with Crippen LogP contribution in [-0.2, 0) is 21.4 Å². The van der Waals surface area contributed by atoms with Crippen LogP contribution in [0.15, 0.2) is 23.2 Å². The van der Waals surface area contributed by atoms with E-state index in [0.29, 0.717) is 13.1 Å². The Kier molecular flexibility index (Phi) is 7.09. The zero-order valence-electron chi connectivity index (χ0n) is 17.8. The summed E-state index contributed by atoms with van der Waals surface area (Å²) in [5.41, 5.74) is -0.608. The number of carbonyl (C=O) groups is 1. The lowest BCUT2D eigenvalue weighted by Gasteiger charge is -2.30. The number of carbonyl (C=O) groups excluding carboxylic acids is 1. The fourth-order valence-corrected chi connectivity index (χ4v) is 5.00. The van der Waals surface area contributed by atoms with Crippen LogP contribution in [0.2, 0.25) is 15.1 Å². The van der Waals surface area contributed by atoms with Crippen molar-refractivity contribution in [3.05, 3.63) is 33.4 Å². The van der Waals surface area contributed by atoms with Gasteiger partial charge in [0.2, 0.25) is 5.88 Å². The van der Waals surface area contributed by atoms with Gasteiger partial charge < -0.3 is 18.6 Å². The minimum atomic E-state index is -4.35. The molecule has 1 unspecified atom stereocenters. The predicted octanol–water partition coefficient (Wildman–Crippen LogP) is 4.49. The van der Waals surface area contributed by atoms with E-state index in [4.69, 9.17) is 48.5 Å². The van der Waals surface area contributed by atoms with Crippen molar-refractivity contribution in [2.45, 2.75) is 37.8 Å². The highest BCUT2D eigenvalue weighted by Gasteiger charge is 2.33. The summed E-state index contributed by atoms with van der Waals surface area (Å²) < 4.78 is 43.2. The van der Waals surface area contributed by atoms with E-state index in [2.05, 4.69) is 5.10 Å². The molecule has 0 bridgehead atoms. The molecule has 2 heterocycles. The van der Waals surface area contributed by atoms with Gasteiger partial charge in [0.05, 0.1) is 29.4 Å². The molecule has 1 aliphatic rings. The normalized spacial score (nSPS) is 16.2. The smallest absolute Gasteiger partial charge is 0.410 e. The Morgan fingerprint density at radius 1 is 1.28 bits per heavy atom. The molecule has 9 nitrogen and oxygen atoms in total. The van der Waals surface area contributed by atoms with Gasteiger partial charge in [0.1, 0.15) is 5.60 Å². The van der Waals surface area contributed by atoms with Crippen molar-refractivity contribution < 1.29 is 26.9 Å². The molecular formula is C19H22Cl3N3O6S. The molecule has 1 amide bonds. The van der Waals surface area contributed by atoms with Gasteiger partial charge in [-0.15, -0.1) is 0 Å². The van der Waals surface area contributed by atoms with E-state index in [0.717, 1.165) is 6.20 Å². The lowest BCUT2D eigenvalue weighted by Crippen LogP contribution is -2.40. The Bertz CT molecular complexity index is 1110. The van der Waals surface area contributed by atoms with E-state index < -0.39 is 21.8 Å². The SMILES string of the molecule is CN(CC1COc2c(S(=O)(=O)Oc3c(Cl)cc(Cl)cc3Cl)cnn2C1)C(=O)OC(C)(C)C. The van der Waals surface area contributed by atoms with E-state index >= 15 is 0 Å². The molecule has 1 aromatic carbocycles. The highest BCUT2D eigenvalue weighted by Crippen LogP contribution is 2.39. The van der Waals surface area contributed by atoms with Crippen LogP contribution in [-0.4, -0.2) is 55.0 Å². The van der Waals surface area contributed by atoms with Gasteiger partial charge in [0, 0.05) is 24.5 Å². The van der Waals surface area contributed by atoms with Gasteiger partial charge >= 0.3 is 16.2 Å². The largest absolute Gasteiger partial charge is 0.476 e. The molecule has 0 saturated heterocycles. The van der Waals surface area contributed by atoms with Crippen LogP contribution >= 0.6 is 34.8 Å². The van der Waals surface area contributed by atoms with Crippen molar-refractivity contribution in [3.8, 4) is 11.6 Å². The van der Waals surface area contributed by atoms with E-state index in [-0.39, 0.29) is 44.1 Å². The minimum Gasteiger partial charge on any atom is -0.476 e. The number of benzene rings is 1. The van der Waals surface area contributed by atoms with Gasteiger partial charge in [0.25, 0.3) is 0 Å². The first-order valence-corrected chi connectivity index (χ1v) is 12.0. The number of ether oxygens (including phenoxy) is 2. The lowest BCUT2D eigenvalue weighted by molar-refractivity contribution is 0.0232. The molecule has 0 radical (unpaired) electrons. The molecule has 13 heteroatoms. The quantitative estimate of drug-likeness (QED) is 0.529. The van der Waals surface area contributed by atoms with Crippen molar-refractivity contribution in [3.63, 3.8) is 0 Å². The van der Waals surface area contributed by atoms with Crippen LogP contribution in [0, 0.1) is 5.92 Å². The zero-order chi connectivity index (χ0) is 23.8. The lowest BCUT2D eigenvalue weighted by atomic mass is 10.1. The van der Waals surface area contributed by atoms with E-state index in [9.17, 15) is 13.2 Å². The Labute approximate surface area is 201 Å². The first kappa shape index (κ1) is 24.8. The molecule has 32 heavy (non-hydrogen) atoms. The number of hydrogen-bond acceptors (Lipinski definition) is 7. The third kappa shape index (κ3) is 5.72. The number of fused-ring (bicyclic) bond motifs is 1. The Balaban J connectivity index is 1.73. The average molecular weight is 527 g/mol. The predicted molar refractivity (Wildman–Crippen MR) is 119 cm³/mol. The number of halogens is 3. The summed E-state index contributed by atoms with van der Waals surface area (Å²) in [7, 11) is -2.73. The molecule has 0 fully saturated rings. The van der Waals surface area contributed by atoms with Gasteiger partial charge in [-0.05, 0) is 32.9 Å². The van der Waals surface area contributed by atoms with Crippen molar-refractivity contribution >= 4 is 51.0 Å². The first-order chi connectivity index (χ1) is 14.8. The Morgan fingerprint density at radius 2 is 1.91 bits per heavy atom. The standard InChI is InChI=1S/C19H22Cl3N3O6S/c1-19(2,3)30-18(26)24(4)8-11-9-25-17(29-10-11)15(7-23-25)32(27,28)31-16-13(21)5-12(20)6-14(16)22/h5-7,11H,8-10H2,1-4H3. The second kappa shape index (κ2) is 9.17. The Morgan fingerprint density at radius 3 is 2.50 bits per heavy atom. The van der Waals surface area contributed by atoms with E-state index in [1.165, 1.54) is 21.7 Å². The molecule has 0 N–H and O–H groups in total. The van der Waals surface area contributed by atoms with Crippen LogP contribution in [0.1, 0.15) is 20.8 Å². The average Bonchev–Trinajstić information content (AvgIpc) is 3.07. The van der Waals surface area contributed by atoms with Crippen molar-refractivity contribution in [2.75, 3.05) is 20.2 Å². The number of nitrogens with zero attached hydrogens (tertiary/aromatic N) is 3. The maximum atomic E-state index is 12.8. The summed E-state index contributed by atoms with van der Waals surface area (Å²) in [5, 5.41) is 4.22. The molecule has 1 aliphatic heterocycles. The molecule has 0 saturated carbocycles. The molecule has 176 valence electrons. The van der Waals surface area contributed by atoms with Gasteiger partial charge in [0.15, 0.2) is 10.6 Å². The second-order valence-electron chi connectivity index (χ2n) is 8.27. The third-order valence-electron chi connectivity index (χ3n) is 4.31.